The summed E-state index contributed by atoms with van der Waals surface area (Å²) in [5, 5.41) is 10.8. The SMILES string of the molecule is Nc1ccn([C@H]2C[C@H](O)[C@@H](COC(c3ccccc3)(c3ccccc3)c3ccccc3)O2)c(=O)n1. The molecule has 1 fully saturated rings. The Labute approximate surface area is 203 Å². The van der Waals surface area contributed by atoms with Crippen LogP contribution in [-0.4, -0.2) is 33.5 Å². The molecule has 0 spiro atoms. The number of benzene rings is 3. The van der Waals surface area contributed by atoms with Crippen LogP contribution in [0.4, 0.5) is 5.82 Å². The topological polar surface area (TPSA) is 99.6 Å². The first kappa shape index (κ1) is 23.0. The number of nitrogen functional groups attached to an aromatic ring is 1. The van der Waals surface area contributed by atoms with Crippen LogP contribution in [0, 0.1) is 0 Å². The highest BCUT2D eigenvalue weighted by atomic mass is 16.6. The normalized spacial score (nSPS) is 20.1. The molecule has 7 nitrogen and oxygen atoms in total. The molecule has 3 atom stereocenters. The second kappa shape index (κ2) is 9.84. The highest BCUT2D eigenvalue weighted by molar-refractivity contribution is 5.47. The summed E-state index contributed by atoms with van der Waals surface area (Å²) in [4.78, 5) is 16.1. The van der Waals surface area contributed by atoms with Gasteiger partial charge < -0.3 is 20.3 Å². The lowest BCUT2D eigenvalue weighted by molar-refractivity contribution is -0.0943. The van der Waals surface area contributed by atoms with E-state index in [9.17, 15) is 9.90 Å². The summed E-state index contributed by atoms with van der Waals surface area (Å²) >= 11 is 0. The van der Waals surface area contributed by atoms with E-state index in [1.165, 1.54) is 16.8 Å². The molecule has 0 amide bonds. The van der Waals surface area contributed by atoms with Crippen molar-refractivity contribution < 1.29 is 14.6 Å². The third-order valence-corrected chi connectivity index (χ3v) is 6.37. The summed E-state index contributed by atoms with van der Waals surface area (Å²) < 4.78 is 14.2. The molecule has 2 heterocycles. The minimum Gasteiger partial charge on any atom is -0.390 e. The van der Waals surface area contributed by atoms with E-state index in [-0.39, 0.29) is 18.8 Å². The Balaban J connectivity index is 1.50. The Bertz CT molecular complexity index is 1220. The highest BCUT2D eigenvalue weighted by Crippen LogP contribution is 2.41. The summed E-state index contributed by atoms with van der Waals surface area (Å²) in [6.45, 7) is 0.105. The number of rotatable bonds is 7. The summed E-state index contributed by atoms with van der Waals surface area (Å²) in [5.74, 6) is 0.142. The van der Waals surface area contributed by atoms with Crippen molar-refractivity contribution in [2.24, 2.45) is 0 Å². The van der Waals surface area contributed by atoms with Crippen molar-refractivity contribution in [2.45, 2.75) is 30.5 Å². The van der Waals surface area contributed by atoms with Crippen molar-refractivity contribution in [1.29, 1.82) is 0 Å². The number of ether oxygens (including phenoxy) is 2. The average molecular weight is 470 g/mol. The smallest absolute Gasteiger partial charge is 0.351 e. The lowest BCUT2D eigenvalue weighted by Gasteiger charge is -2.37. The molecule has 3 N–H and O–H groups in total. The van der Waals surface area contributed by atoms with Gasteiger partial charge in [0.25, 0.3) is 0 Å². The minimum atomic E-state index is -0.926. The van der Waals surface area contributed by atoms with Crippen LogP contribution < -0.4 is 11.4 Å². The maximum atomic E-state index is 12.3. The number of aliphatic hydroxyl groups excluding tert-OH is 1. The van der Waals surface area contributed by atoms with Gasteiger partial charge in [-0.3, -0.25) is 4.57 Å². The van der Waals surface area contributed by atoms with Crippen LogP contribution >= 0.6 is 0 Å². The summed E-state index contributed by atoms with van der Waals surface area (Å²) in [6.07, 6.45) is -0.328. The molecule has 35 heavy (non-hydrogen) atoms. The fourth-order valence-electron chi connectivity index (χ4n) is 4.66. The second-order valence-electron chi connectivity index (χ2n) is 8.56. The molecule has 3 aromatic carbocycles. The van der Waals surface area contributed by atoms with E-state index in [0.717, 1.165) is 16.7 Å². The van der Waals surface area contributed by atoms with Gasteiger partial charge in [0.05, 0.1) is 12.7 Å². The van der Waals surface area contributed by atoms with E-state index < -0.39 is 29.7 Å². The van der Waals surface area contributed by atoms with Crippen molar-refractivity contribution in [3.63, 3.8) is 0 Å². The Kier molecular flexibility index (Phi) is 6.46. The Morgan fingerprint density at radius 1 is 0.914 bits per heavy atom. The molecular weight excluding hydrogens is 442 g/mol. The van der Waals surface area contributed by atoms with Gasteiger partial charge >= 0.3 is 5.69 Å². The van der Waals surface area contributed by atoms with Crippen molar-refractivity contribution in [3.8, 4) is 0 Å². The second-order valence-corrected chi connectivity index (χ2v) is 8.56. The lowest BCUT2D eigenvalue weighted by Crippen LogP contribution is -2.38. The number of hydrogen-bond donors (Lipinski definition) is 2. The van der Waals surface area contributed by atoms with Gasteiger partial charge in [0.15, 0.2) is 0 Å². The lowest BCUT2D eigenvalue weighted by atomic mass is 9.80. The van der Waals surface area contributed by atoms with Crippen LogP contribution in [0.25, 0.3) is 0 Å². The van der Waals surface area contributed by atoms with E-state index >= 15 is 0 Å². The van der Waals surface area contributed by atoms with Crippen molar-refractivity contribution in [1.82, 2.24) is 9.55 Å². The average Bonchev–Trinajstić information content (AvgIpc) is 3.26. The Hall–Kier alpha value is -3.78. The maximum Gasteiger partial charge on any atom is 0.351 e. The molecule has 178 valence electrons. The zero-order valence-corrected chi connectivity index (χ0v) is 19.1. The number of aliphatic hydroxyl groups is 1. The molecule has 7 heteroatoms. The first-order valence-electron chi connectivity index (χ1n) is 11.6. The van der Waals surface area contributed by atoms with Crippen molar-refractivity contribution in [3.05, 3.63) is 130 Å². The van der Waals surface area contributed by atoms with Crippen LogP contribution in [0.3, 0.4) is 0 Å². The first-order valence-corrected chi connectivity index (χ1v) is 11.6. The largest absolute Gasteiger partial charge is 0.390 e. The van der Waals surface area contributed by atoms with Gasteiger partial charge in [-0.05, 0) is 22.8 Å². The van der Waals surface area contributed by atoms with Gasteiger partial charge in [-0.25, -0.2) is 4.79 Å². The molecule has 0 unspecified atom stereocenters. The predicted molar refractivity (Wildman–Crippen MR) is 133 cm³/mol. The summed E-state index contributed by atoms with van der Waals surface area (Å²) in [5.41, 5.74) is 7.04. The third-order valence-electron chi connectivity index (χ3n) is 6.37. The van der Waals surface area contributed by atoms with Crippen LogP contribution in [0.5, 0.6) is 0 Å². The van der Waals surface area contributed by atoms with E-state index in [4.69, 9.17) is 15.2 Å². The Morgan fingerprint density at radius 3 is 1.91 bits per heavy atom. The van der Waals surface area contributed by atoms with E-state index in [1.54, 1.807) is 0 Å². The molecule has 1 saturated heterocycles. The molecule has 4 aromatic rings. The zero-order valence-electron chi connectivity index (χ0n) is 19.1. The van der Waals surface area contributed by atoms with Crippen LogP contribution in [0.1, 0.15) is 29.3 Å². The highest BCUT2D eigenvalue weighted by Gasteiger charge is 2.41. The first-order chi connectivity index (χ1) is 17.1. The van der Waals surface area contributed by atoms with Crippen LogP contribution in [0.15, 0.2) is 108 Å². The quantitative estimate of drug-likeness (QED) is 0.402. The van der Waals surface area contributed by atoms with E-state index in [0.29, 0.717) is 0 Å². The molecule has 1 aromatic heterocycles. The minimum absolute atomic E-state index is 0.105. The standard InChI is InChI=1S/C28H27N3O4/c29-25-16-17-31(27(33)30-25)26-18-23(32)24(35-26)19-34-28(20-10-4-1-5-11-20,21-12-6-2-7-13-21)22-14-8-3-9-15-22/h1-17,23-24,26,32H,18-19H2,(H2,29,30,33)/t23-,24+,26+/m0/s1. The Morgan fingerprint density at radius 2 is 1.43 bits per heavy atom. The molecule has 5 rings (SSSR count). The third kappa shape index (κ3) is 4.49. The molecule has 1 aliphatic heterocycles. The summed E-state index contributed by atoms with van der Waals surface area (Å²) in [6, 6.07) is 31.6. The summed E-state index contributed by atoms with van der Waals surface area (Å²) in [7, 11) is 0. The zero-order chi connectivity index (χ0) is 24.3. The van der Waals surface area contributed by atoms with Gasteiger partial charge in [-0.2, -0.15) is 4.98 Å². The fourth-order valence-corrected chi connectivity index (χ4v) is 4.66. The van der Waals surface area contributed by atoms with Crippen LogP contribution in [-0.2, 0) is 15.1 Å². The van der Waals surface area contributed by atoms with Crippen molar-refractivity contribution in [2.75, 3.05) is 12.3 Å². The number of nitrogens with zero attached hydrogens (tertiary/aromatic N) is 2. The van der Waals surface area contributed by atoms with E-state index in [1.807, 2.05) is 91.0 Å². The van der Waals surface area contributed by atoms with E-state index in [2.05, 4.69) is 4.98 Å². The van der Waals surface area contributed by atoms with Gasteiger partial charge in [0.2, 0.25) is 0 Å². The number of hydrogen-bond acceptors (Lipinski definition) is 6. The molecule has 1 aliphatic rings. The number of nitrogens with two attached hydrogens (primary N) is 1. The monoisotopic (exact) mass is 469 g/mol. The molecule has 0 bridgehead atoms. The predicted octanol–water partition coefficient (Wildman–Crippen LogP) is 3.48. The molecule has 0 aliphatic carbocycles. The molecule has 0 radical (unpaired) electrons. The van der Waals surface area contributed by atoms with Gasteiger partial charge in [0.1, 0.15) is 23.8 Å². The molecular formula is C28H27N3O4. The van der Waals surface area contributed by atoms with Gasteiger partial charge in [-0.15, -0.1) is 0 Å². The number of aromatic nitrogens is 2. The molecule has 0 saturated carbocycles. The fraction of sp³-hybridized carbons (Fsp3) is 0.214. The van der Waals surface area contributed by atoms with Gasteiger partial charge in [0, 0.05) is 12.6 Å². The van der Waals surface area contributed by atoms with Crippen molar-refractivity contribution >= 4 is 5.82 Å². The van der Waals surface area contributed by atoms with Gasteiger partial charge in [-0.1, -0.05) is 91.0 Å². The maximum absolute atomic E-state index is 12.3. The van der Waals surface area contributed by atoms with Crippen LogP contribution in [0.2, 0.25) is 0 Å². The number of anilines is 1.